The number of carbonyl (C=O) groups is 1. The Bertz CT molecular complexity index is 689. The summed E-state index contributed by atoms with van der Waals surface area (Å²) in [5.41, 5.74) is 1.82. The number of methoxy groups -OCH3 is 2. The third kappa shape index (κ3) is 5.82. The Hall–Kier alpha value is -2.44. The number of carbonyl (C=O) groups excluding carboxylic acids is 1. The van der Waals surface area contributed by atoms with E-state index in [0.29, 0.717) is 6.61 Å². The number of benzene rings is 2. The molecule has 2 aromatic carbocycles. The lowest BCUT2D eigenvalue weighted by Gasteiger charge is -2.21. The molecule has 0 saturated carbocycles. The van der Waals surface area contributed by atoms with Crippen LogP contribution in [-0.4, -0.2) is 39.3 Å². The topological polar surface area (TPSA) is 59.6 Å². The molecule has 1 amide bonds. The number of rotatable bonds is 9. The van der Waals surface area contributed by atoms with Gasteiger partial charge in [-0.2, -0.15) is 0 Å². The molecule has 0 heterocycles. The Morgan fingerprint density at radius 3 is 2.15 bits per heavy atom. The van der Waals surface area contributed by atoms with Crippen molar-refractivity contribution in [3.8, 4) is 5.75 Å². The van der Waals surface area contributed by atoms with E-state index in [1.165, 1.54) is 12.1 Å². The van der Waals surface area contributed by atoms with Crippen LogP contribution in [0.2, 0.25) is 0 Å². The Balaban J connectivity index is 2.12. The zero-order valence-corrected chi connectivity index (χ0v) is 15.3. The summed E-state index contributed by atoms with van der Waals surface area (Å²) in [7, 11) is 3.20. The van der Waals surface area contributed by atoms with Crippen LogP contribution in [0.4, 0.5) is 4.39 Å². The first-order valence-corrected chi connectivity index (χ1v) is 8.44. The number of amides is 1. The second-order valence-corrected chi connectivity index (χ2v) is 6.06. The fourth-order valence-corrected chi connectivity index (χ4v) is 2.69. The van der Waals surface area contributed by atoms with E-state index in [2.05, 4.69) is 10.6 Å². The largest absolute Gasteiger partial charge is 0.497 e. The van der Waals surface area contributed by atoms with Gasteiger partial charge >= 0.3 is 0 Å². The van der Waals surface area contributed by atoms with E-state index < -0.39 is 0 Å². The van der Waals surface area contributed by atoms with Gasteiger partial charge in [-0.3, -0.25) is 10.1 Å². The van der Waals surface area contributed by atoms with E-state index >= 15 is 0 Å². The Morgan fingerprint density at radius 2 is 1.62 bits per heavy atom. The highest BCUT2D eigenvalue weighted by Gasteiger charge is 2.16. The molecule has 0 aliphatic rings. The zero-order chi connectivity index (χ0) is 18.9. The standard InChI is InChI=1S/C20H25FN2O3/c1-14(13-25-2)23-19(24)12-22-20(15-4-8-17(21)9-5-15)16-6-10-18(26-3)11-7-16/h4-11,14,20,22H,12-13H2,1-3H3,(H,23,24). The van der Waals surface area contributed by atoms with Gasteiger partial charge in [0, 0.05) is 13.2 Å². The highest BCUT2D eigenvalue weighted by molar-refractivity contribution is 5.78. The minimum atomic E-state index is -0.298. The molecule has 0 fully saturated rings. The van der Waals surface area contributed by atoms with Gasteiger partial charge in [-0.15, -0.1) is 0 Å². The summed E-state index contributed by atoms with van der Waals surface area (Å²) >= 11 is 0. The van der Waals surface area contributed by atoms with Crippen LogP contribution >= 0.6 is 0 Å². The predicted octanol–water partition coefficient (Wildman–Crippen LogP) is 2.66. The molecule has 2 N–H and O–H groups in total. The fourth-order valence-electron chi connectivity index (χ4n) is 2.69. The van der Waals surface area contributed by atoms with E-state index in [1.54, 1.807) is 26.4 Å². The molecule has 0 bridgehead atoms. The number of hydrogen-bond acceptors (Lipinski definition) is 4. The van der Waals surface area contributed by atoms with Crippen molar-refractivity contribution in [1.29, 1.82) is 0 Å². The number of ether oxygens (including phenoxy) is 2. The number of hydrogen-bond donors (Lipinski definition) is 2. The van der Waals surface area contributed by atoms with Crippen LogP contribution in [0.5, 0.6) is 5.75 Å². The first-order chi connectivity index (χ1) is 12.5. The Kier molecular flexibility index (Phi) is 7.56. The zero-order valence-electron chi connectivity index (χ0n) is 15.3. The molecule has 6 heteroatoms. The fraction of sp³-hybridized carbons (Fsp3) is 0.350. The van der Waals surface area contributed by atoms with Gasteiger partial charge in [-0.05, 0) is 42.3 Å². The van der Waals surface area contributed by atoms with E-state index in [-0.39, 0.29) is 30.4 Å². The van der Waals surface area contributed by atoms with E-state index in [9.17, 15) is 9.18 Å². The molecule has 0 radical (unpaired) electrons. The Morgan fingerprint density at radius 1 is 1.04 bits per heavy atom. The van der Waals surface area contributed by atoms with Crippen LogP contribution in [-0.2, 0) is 9.53 Å². The predicted molar refractivity (Wildman–Crippen MR) is 98.7 cm³/mol. The molecule has 2 unspecified atom stereocenters. The van der Waals surface area contributed by atoms with Gasteiger partial charge in [0.1, 0.15) is 11.6 Å². The van der Waals surface area contributed by atoms with Crippen molar-refractivity contribution in [3.05, 3.63) is 65.5 Å². The van der Waals surface area contributed by atoms with Crippen molar-refractivity contribution in [1.82, 2.24) is 10.6 Å². The molecule has 0 aliphatic heterocycles. The molecule has 2 aromatic rings. The van der Waals surface area contributed by atoms with Crippen LogP contribution in [0.1, 0.15) is 24.1 Å². The number of nitrogens with one attached hydrogen (secondary N) is 2. The quantitative estimate of drug-likeness (QED) is 0.722. The van der Waals surface area contributed by atoms with E-state index in [0.717, 1.165) is 16.9 Å². The molecule has 26 heavy (non-hydrogen) atoms. The molecule has 2 rings (SSSR count). The first-order valence-electron chi connectivity index (χ1n) is 8.44. The summed E-state index contributed by atoms with van der Waals surface area (Å²) in [6.07, 6.45) is 0. The third-order valence-corrected chi connectivity index (χ3v) is 3.94. The average molecular weight is 360 g/mol. The lowest BCUT2D eigenvalue weighted by molar-refractivity contribution is -0.121. The molecule has 2 atom stereocenters. The van der Waals surface area contributed by atoms with Gasteiger partial charge in [0.2, 0.25) is 5.91 Å². The van der Waals surface area contributed by atoms with Crippen LogP contribution in [0.25, 0.3) is 0 Å². The summed E-state index contributed by atoms with van der Waals surface area (Å²) in [5, 5.41) is 6.10. The van der Waals surface area contributed by atoms with Gasteiger partial charge in [0.05, 0.1) is 26.3 Å². The van der Waals surface area contributed by atoms with Crippen molar-refractivity contribution in [3.63, 3.8) is 0 Å². The molecule has 0 spiro atoms. The maximum absolute atomic E-state index is 13.3. The van der Waals surface area contributed by atoms with Crippen molar-refractivity contribution < 1.29 is 18.7 Å². The number of halogens is 1. The smallest absolute Gasteiger partial charge is 0.234 e. The summed E-state index contributed by atoms with van der Waals surface area (Å²) in [4.78, 5) is 12.1. The maximum Gasteiger partial charge on any atom is 0.234 e. The van der Waals surface area contributed by atoms with Crippen LogP contribution < -0.4 is 15.4 Å². The average Bonchev–Trinajstić information content (AvgIpc) is 2.64. The lowest BCUT2D eigenvalue weighted by Crippen LogP contribution is -2.42. The van der Waals surface area contributed by atoms with E-state index in [4.69, 9.17) is 9.47 Å². The summed E-state index contributed by atoms with van der Waals surface area (Å²) in [6, 6.07) is 13.5. The van der Waals surface area contributed by atoms with Crippen LogP contribution in [0.3, 0.4) is 0 Å². The van der Waals surface area contributed by atoms with Gasteiger partial charge in [0.25, 0.3) is 0 Å². The van der Waals surface area contributed by atoms with Crippen molar-refractivity contribution in [2.45, 2.75) is 19.0 Å². The SMILES string of the molecule is COCC(C)NC(=O)CNC(c1ccc(F)cc1)c1ccc(OC)cc1. The molecular formula is C20H25FN2O3. The monoisotopic (exact) mass is 360 g/mol. The van der Waals surface area contributed by atoms with Crippen molar-refractivity contribution >= 4 is 5.91 Å². The van der Waals surface area contributed by atoms with Crippen molar-refractivity contribution in [2.75, 3.05) is 27.4 Å². The Labute approximate surface area is 153 Å². The van der Waals surface area contributed by atoms with Gasteiger partial charge in [-0.25, -0.2) is 4.39 Å². The highest BCUT2D eigenvalue weighted by Crippen LogP contribution is 2.24. The van der Waals surface area contributed by atoms with Crippen LogP contribution in [0, 0.1) is 5.82 Å². The molecule has 140 valence electrons. The van der Waals surface area contributed by atoms with Crippen LogP contribution in [0.15, 0.2) is 48.5 Å². The summed E-state index contributed by atoms with van der Waals surface area (Å²) in [5.74, 6) is 0.321. The van der Waals surface area contributed by atoms with Gasteiger partial charge < -0.3 is 14.8 Å². The minimum Gasteiger partial charge on any atom is -0.497 e. The second-order valence-electron chi connectivity index (χ2n) is 6.06. The molecule has 0 aromatic heterocycles. The highest BCUT2D eigenvalue weighted by atomic mass is 19.1. The molecule has 0 saturated heterocycles. The second kappa shape index (κ2) is 9.89. The third-order valence-electron chi connectivity index (χ3n) is 3.94. The minimum absolute atomic E-state index is 0.0699. The first kappa shape index (κ1) is 19.9. The molecule has 0 aliphatic carbocycles. The van der Waals surface area contributed by atoms with E-state index in [1.807, 2.05) is 31.2 Å². The normalized spacial score (nSPS) is 13.1. The van der Waals surface area contributed by atoms with Gasteiger partial charge in [0.15, 0.2) is 0 Å². The summed E-state index contributed by atoms with van der Waals surface area (Å²) in [6.45, 7) is 2.45. The lowest BCUT2D eigenvalue weighted by atomic mass is 9.98. The summed E-state index contributed by atoms with van der Waals surface area (Å²) < 4.78 is 23.5. The maximum atomic E-state index is 13.3. The molecular weight excluding hydrogens is 335 g/mol. The van der Waals surface area contributed by atoms with Gasteiger partial charge in [-0.1, -0.05) is 24.3 Å². The molecule has 5 nitrogen and oxygen atoms in total. The van der Waals surface area contributed by atoms with Crippen molar-refractivity contribution in [2.24, 2.45) is 0 Å².